The molecule has 108 valence electrons. The van der Waals surface area contributed by atoms with E-state index in [0.29, 0.717) is 12.0 Å². The minimum absolute atomic E-state index is 0.292. The fourth-order valence-corrected chi connectivity index (χ4v) is 2.66. The number of carbonyl (C=O) groups excluding carboxylic acids is 1. The number of carbonyl (C=O) groups is 2. The van der Waals surface area contributed by atoms with Crippen molar-refractivity contribution in [2.24, 2.45) is 0 Å². The molecule has 1 atom stereocenters. The van der Waals surface area contributed by atoms with Gasteiger partial charge in [-0.1, -0.05) is 19.4 Å². The van der Waals surface area contributed by atoms with E-state index in [1.54, 1.807) is 6.07 Å². The second-order valence-electron chi connectivity index (χ2n) is 5.34. The van der Waals surface area contributed by atoms with Crippen LogP contribution in [-0.2, 0) is 17.6 Å². The van der Waals surface area contributed by atoms with Crippen molar-refractivity contribution in [1.29, 1.82) is 0 Å². The summed E-state index contributed by atoms with van der Waals surface area (Å²) in [6.45, 7) is 1.90. The summed E-state index contributed by atoms with van der Waals surface area (Å²) in [4.78, 5) is 23.2. The highest BCUT2D eigenvalue weighted by molar-refractivity contribution is 5.96. The van der Waals surface area contributed by atoms with E-state index in [9.17, 15) is 9.59 Å². The van der Waals surface area contributed by atoms with Crippen molar-refractivity contribution in [2.45, 2.75) is 51.5 Å². The Morgan fingerprint density at radius 2 is 1.95 bits per heavy atom. The number of carboxylic acid groups (broad SMARTS) is 1. The number of amides is 1. The second kappa shape index (κ2) is 6.55. The number of carboxylic acids is 1. The van der Waals surface area contributed by atoms with E-state index in [1.807, 2.05) is 19.1 Å². The van der Waals surface area contributed by atoms with Crippen molar-refractivity contribution in [3.63, 3.8) is 0 Å². The predicted molar refractivity (Wildman–Crippen MR) is 76.9 cm³/mol. The third-order valence-electron chi connectivity index (χ3n) is 3.79. The lowest BCUT2D eigenvalue weighted by Gasteiger charge is -2.17. The first kappa shape index (κ1) is 14.6. The molecule has 20 heavy (non-hydrogen) atoms. The zero-order valence-corrected chi connectivity index (χ0v) is 11.8. The summed E-state index contributed by atoms with van der Waals surface area (Å²) < 4.78 is 0. The summed E-state index contributed by atoms with van der Waals surface area (Å²) in [6.07, 6.45) is 5.62. The number of aliphatic carboxylic acids is 1. The van der Waals surface area contributed by atoms with Gasteiger partial charge in [0.1, 0.15) is 6.04 Å². The minimum atomic E-state index is -0.974. The average molecular weight is 275 g/mol. The molecule has 1 amide bonds. The minimum Gasteiger partial charge on any atom is -0.480 e. The molecule has 0 fully saturated rings. The van der Waals surface area contributed by atoms with Crippen LogP contribution in [0.25, 0.3) is 0 Å². The monoisotopic (exact) mass is 275 g/mol. The molecule has 0 heterocycles. The molecular formula is C16H21NO3. The van der Waals surface area contributed by atoms with Crippen LogP contribution in [0, 0.1) is 0 Å². The number of hydrogen-bond acceptors (Lipinski definition) is 2. The smallest absolute Gasteiger partial charge is 0.326 e. The Morgan fingerprint density at radius 1 is 1.25 bits per heavy atom. The van der Waals surface area contributed by atoms with Gasteiger partial charge in [-0.15, -0.1) is 0 Å². The number of hydrogen-bond donors (Lipinski definition) is 2. The highest BCUT2D eigenvalue weighted by atomic mass is 16.4. The zero-order valence-electron chi connectivity index (χ0n) is 11.8. The number of aryl methyl sites for hydroxylation is 2. The van der Waals surface area contributed by atoms with E-state index in [4.69, 9.17) is 5.11 Å². The van der Waals surface area contributed by atoms with Crippen molar-refractivity contribution in [1.82, 2.24) is 5.32 Å². The van der Waals surface area contributed by atoms with Crippen LogP contribution in [0.3, 0.4) is 0 Å². The van der Waals surface area contributed by atoms with Gasteiger partial charge in [0, 0.05) is 5.56 Å². The van der Waals surface area contributed by atoms with Crippen LogP contribution in [0.5, 0.6) is 0 Å². The van der Waals surface area contributed by atoms with Crippen molar-refractivity contribution in [3.05, 3.63) is 34.9 Å². The first-order valence-corrected chi connectivity index (χ1v) is 7.27. The maximum Gasteiger partial charge on any atom is 0.326 e. The summed E-state index contributed by atoms with van der Waals surface area (Å²) >= 11 is 0. The summed E-state index contributed by atoms with van der Waals surface area (Å²) in [5.74, 6) is -1.27. The summed E-state index contributed by atoms with van der Waals surface area (Å²) in [6, 6.07) is 4.90. The largest absolute Gasteiger partial charge is 0.480 e. The third-order valence-corrected chi connectivity index (χ3v) is 3.79. The normalized spacial score (nSPS) is 15.2. The van der Waals surface area contributed by atoms with E-state index < -0.39 is 12.0 Å². The molecule has 1 aromatic rings. The molecule has 0 spiro atoms. The first-order valence-electron chi connectivity index (χ1n) is 7.27. The third kappa shape index (κ3) is 3.38. The Kier molecular flexibility index (Phi) is 4.77. The highest BCUT2D eigenvalue weighted by Crippen LogP contribution is 2.22. The van der Waals surface area contributed by atoms with Gasteiger partial charge in [-0.25, -0.2) is 4.79 Å². The number of fused-ring (bicyclic) bond motifs is 1. The lowest BCUT2D eigenvalue weighted by molar-refractivity contribution is -0.139. The van der Waals surface area contributed by atoms with Crippen LogP contribution in [-0.4, -0.2) is 23.0 Å². The summed E-state index contributed by atoms with van der Waals surface area (Å²) in [5, 5.41) is 11.7. The zero-order chi connectivity index (χ0) is 14.5. The van der Waals surface area contributed by atoms with Crippen LogP contribution in [0.15, 0.2) is 18.2 Å². The van der Waals surface area contributed by atoms with Crippen molar-refractivity contribution in [3.8, 4) is 0 Å². The fraction of sp³-hybridized carbons (Fsp3) is 0.500. The van der Waals surface area contributed by atoms with Gasteiger partial charge in [0.15, 0.2) is 0 Å². The molecule has 4 nitrogen and oxygen atoms in total. The van der Waals surface area contributed by atoms with E-state index in [2.05, 4.69) is 5.32 Å². The van der Waals surface area contributed by atoms with Crippen molar-refractivity contribution >= 4 is 11.9 Å². The number of benzene rings is 1. The van der Waals surface area contributed by atoms with E-state index in [0.717, 1.165) is 25.7 Å². The number of nitrogens with one attached hydrogen (secondary N) is 1. The molecule has 2 N–H and O–H groups in total. The van der Waals surface area contributed by atoms with E-state index in [1.165, 1.54) is 17.5 Å². The molecule has 0 aromatic heterocycles. The Morgan fingerprint density at radius 3 is 2.60 bits per heavy atom. The highest BCUT2D eigenvalue weighted by Gasteiger charge is 2.20. The van der Waals surface area contributed by atoms with Gasteiger partial charge in [0.05, 0.1) is 0 Å². The van der Waals surface area contributed by atoms with Crippen LogP contribution in [0.2, 0.25) is 0 Å². The average Bonchev–Trinajstić information content (AvgIpc) is 2.46. The second-order valence-corrected chi connectivity index (χ2v) is 5.34. The molecule has 0 saturated carbocycles. The Bertz CT molecular complexity index is 510. The maximum atomic E-state index is 12.1. The molecule has 0 saturated heterocycles. The van der Waals surface area contributed by atoms with Gasteiger partial charge in [0.2, 0.25) is 0 Å². The van der Waals surface area contributed by atoms with Gasteiger partial charge in [0.25, 0.3) is 5.91 Å². The van der Waals surface area contributed by atoms with Crippen molar-refractivity contribution in [2.75, 3.05) is 0 Å². The van der Waals surface area contributed by atoms with Gasteiger partial charge < -0.3 is 10.4 Å². The molecule has 0 aliphatic heterocycles. The molecule has 1 aromatic carbocycles. The predicted octanol–water partition coefficient (Wildman–Crippen LogP) is 2.55. The van der Waals surface area contributed by atoms with Gasteiger partial charge in [-0.3, -0.25) is 4.79 Å². The van der Waals surface area contributed by atoms with Crippen LogP contribution < -0.4 is 5.32 Å². The maximum absolute atomic E-state index is 12.1. The molecule has 2 rings (SSSR count). The Labute approximate surface area is 119 Å². The lowest BCUT2D eigenvalue weighted by Crippen LogP contribution is -2.40. The van der Waals surface area contributed by atoms with Gasteiger partial charge >= 0.3 is 5.97 Å². The standard InChI is InChI=1S/C16H21NO3/c1-2-5-14(16(19)20)17-15(18)13-9-8-11-6-3-4-7-12(11)10-13/h8-10,14H,2-7H2,1H3,(H,17,18)(H,19,20)/t14-/m1/s1. The first-order chi connectivity index (χ1) is 9.61. The lowest BCUT2D eigenvalue weighted by atomic mass is 9.90. The summed E-state index contributed by atoms with van der Waals surface area (Å²) in [7, 11) is 0. The molecule has 0 unspecified atom stereocenters. The number of rotatable bonds is 5. The molecule has 4 heteroatoms. The SMILES string of the molecule is CCC[C@@H](NC(=O)c1ccc2c(c1)CCCC2)C(=O)O. The van der Waals surface area contributed by atoms with E-state index >= 15 is 0 Å². The van der Waals surface area contributed by atoms with Crippen molar-refractivity contribution < 1.29 is 14.7 Å². The van der Waals surface area contributed by atoms with Gasteiger partial charge in [-0.2, -0.15) is 0 Å². The summed E-state index contributed by atoms with van der Waals surface area (Å²) in [5.41, 5.74) is 3.11. The molecule has 1 aliphatic rings. The fourth-order valence-electron chi connectivity index (χ4n) is 2.66. The van der Waals surface area contributed by atoms with E-state index in [-0.39, 0.29) is 5.91 Å². The van der Waals surface area contributed by atoms with Gasteiger partial charge in [-0.05, 0) is 55.4 Å². The molecular weight excluding hydrogens is 254 g/mol. The molecule has 0 bridgehead atoms. The molecule has 0 radical (unpaired) electrons. The Hall–Kier alpha value is -1.84. The molecule has 1 aliphatic carbocycles. The van der Waals surface area contributed by atoms with Crippen LogP contribution in [0.1, 0.15) is 54.1 Å². The van der Waals surface area contributed by atoms with Crippen LogP contribution >= 0.6 is 0 Å². The topological polar surface area (TPSA) is 66.4 Å². The quantitative estimate of drug-likeness (QED) is 0.868. The Balaban J connectivity index is 2.10. The van der Waals surface area contributed by atoms with Crippen LogP contribution in [0.4, 0.5) is 0 Å².